The molecule has 6 heteroatoms. The van der Waals surface area contributed by atoms with Crippen LogP contribution in [0, 0.1) is 0 Å². The van der Waals surface area contributed by atoms with Gasteiger partial charge < -0.3 is 4.57 Å². The first kappa shape index (κ1) is 12.5. The first-order valence-corrected chi connectivity index (χ1v) is 7.30. The fraction of sp³-hybridized carbons (Fsp3) is 0.667. The number of aromatic nitrogens is 2. The Morgan fingerprint density at radius 2 is 2.13 bits per heavy atom. The highest BCUT2D eigenvalue weighted by molar-refractivity contribution is 8.13. The van der Waals surface area contributed by atoms with Gasteiger partial charge in [0.2, 0.25) is 0 Å². The van der Waals surface area contributed by atoms with Crippen LogP contribution in [0.15, 0.2) is 11.2 Å². The second-order valence-corrected chi connectivity index (χ2v) is 5.85. The van der Waals surface area contributed by atoms with Gasteiger partial charge in [-0.3, -0.25) is 0 Å². The summed E-state index contributed by atoms with van der Waals surface area (Å²) in [7, 11) is 1.53. The van der Waals surface area contributed by atoms with Crippen molar-refractivity contribution in [2.24, 2.45) is 0 Å². The average molecular weight is 251 g/mol. The standard InChI is InChI=1S/C9H15ClN2O2S/c1-3-5-6-12-7-9(15(10,13)14)11-8(12)4-2/h7H,3-6H2,1-2H3. The smallest absolute Gasteiger partial charge is 0.280 e. The van der Waals surface area contributed by atoms with E-state index in [0.717, 1.165) is 25.2 Å². The highest BCUT2D eigenvalue weighted by Gasteiger charge is 2.16. The van der Waals surface area contributed by atoms with Crippen molar-refractivity contribution in [3.63, 3.8) is 0 Å². The van der Waals surface area contributed by atoms with Crippen LogP contribution in [-0.4, -0.2) is 18.0 Å². The summed E-state index contributed by atoms with van der Waals surface area (Å²) in [5.41, 5.74) is 0. The summed E-state index contributed by atoms with van der Waals surface area (Å²) < 4.78 is 24.0. The van der Waals surface area contributed by atoms with Crippen molar-refractivity contribution in [1.29, 1.82) is 0 Å². The lowest BCUT2D eigenvalue weighted by Crippen LogP contribution is -2.01. The van der Waals surface area contributed by atoms with Crippen LogP contribution in [0.4, 0.5) is 0 Å². The number of rotatable bonds is 5. The Balaban J connectivity index is 3.01. The molecule has 0 spiro atoms. The Bertz CT molecular complexity index is 425. The van der Waals surface area contributed by atoms with Crippen LogP contribution in [0.1, 0.15) is 32.5 Å². The van der Waals surface area contributed by atoms with Crippen LogP contribution in [0.3, 0.4) is 0 Å². The average Bonchev–Trinajstić information content (AvgIpc) is 2.57. The third-order valence-electron chi connectivity index (χ3n) is 2.16. The molecule has 0 aromatic carbocycles. The molecule has 4 nitrogen and oxygen atoms in total. The second-order valence-electron chi connectivity index (χ2n) is 3.33. The van der Waals surface area contributed by atoms with Gasteiger partial charge in [-0.05, 0) is 6.42 Å². The summed E-state index contributed by atoms with van der Waals surface area (Å²) in [5, 5.41) is -0.0443. The molecule has 0 bridgehead atoms. The molecule has 15 heavy (non-hydrogen) atoms. The Labute approximate surface area is 94.7 Å². The van der Waals surface area contributed by atoms with Crippen molar-refractivity contribution < 1.29 is 8.42 Å². The summed E-state index contributed by atoms with van der Waals surface area (Å²) in [6.45, 7) is 4.82. The lowest BCUT2D eigenvalue weighted by atomic mass is 10.3. The Morgan fingerprint density at radius 1 is 1.47 bits per heavy atom. The Hall–Kier alpha value is -0.550. The van der Waals surface area contributed by atoms with Crippen LogP contribution < -0.4 is 0 Å². The fourth-order valence-corrected chi connectivity index (χ4v) is 2.04. The lowest BCUT2D eigenvalue weighted by molar-refractivity contribution is 0.603. The van der Waals surface area contributed by atoms with Gasteiger partial charge in [-0.25, -0.2) is 13.4 Å². The Morgan fingerprint density at radius 3 is 2.60 bits per heavy atom. The van der Waals surface area contributed by atoms with E-state index < -0.39 is 9.05 Å². The van der Waals surface area contributed by atoms with Gasteiger partial charge in [0, 0.05) is 29.8 Å². The molecule has 0 saturated carbocycles. The molecule has 1 rings (SSSR count). The van der Waals surface area contributed by atoms with Crippen molar-refractivity contribution in [3.8, 4) is 0 Å². The minimum absolute atomic E-state index is 0.0443. The van der Waals surface area contributed by atoms with Crippen molar-refractivity contribution in [3.05, 3.63) is 12.0 Å². The lowest BCUT2D eigenvalue weighted by Gasteiger charge is -2.03. The maximum absolute atomic E-state index is 11.1. The maximum Gasteiger partial charge on any atom is 0.280 e. The Kier molecular flexibility index (Phi) is 4.16. The highest BCUT2D eigenvalue weighted by Crippen LogP contribution is 2.15. The number of unbranched alkanes of at least 4 members (excludes halogenated alkanes) is 1. The molecule has 1 heterocycles. The minimum atomic E-state index is -3.70. The zero-order chi connectivity index (χ0) is 11.5. The van der Waals surface area contributed by atoms with E-state index in [0.29, 0.717) is 6.42 Å². The van der Waals surface area contributed by atoms with E-state index in [1.165, 1.54) is 6.20 Å². The summed E-state index contributed by atoms with van der Waals surface area (Å²) >= 11 is 0. The molecule has 0 aliphatic rings. The maximum atomic E-state index is 11.1. The molecule has 0 aliphatic heterocycles. The molecule has 0 atom stereocenters. The van der Waals surface area contributed by atoms with Crippen LogP contribution in [0.25, 0.3) is 0 Å². The molecule has 1 aromatic heterocycles. The van der Waals surface area contributed by atoms with Gasteiger partial charge in [-0.2, -0.15) is 0 Å². The third kappa shape index (κ3) is 3.21. The normalized spacial score (nSPS) is 11.9. The van der Waals surface area contributed by atoms with E-state index in [2.05, 4.69) is 11.9 Å². The molecular formula is C9H15ClN2O2S. The molecule has 0 N–H and O–H groups in total. The quantitative estimate of drug-likeness (QED) is 0.753. The SMILES string of the molecule is CCCCn1cc(S(=O)(=O)Cl)nc1CC. The highest BCUT2D eigenvalue weighted by atomic mass is 35.7. The van der Waals surface area contributed by atoms with Gasteiger partial charge >= 0.3 is 0 Å². The summed E-state index contributed by atoms with van der Waals surface area (Å²) in [6, 6.07) is 0. The van der Waals surface area contributed by atoms with Crippen molar-refractivity contribution in [1.82, 2.24) is 9.55 Å². The molecule has 0 fully saturated rings. The molecule has 1 aromatic rings. The van der Waals surface area contributed by atoms with Crippen molar-refractivity contribution in [2.45, 2.75) is 44.7 Å². The van der Waals surface area contributed by atoms with Gasteiger partial charge in [-0.1, -0.05) is 20.3 Å². The topological polar surface area (TPSA) is 52.0 Å². The number of nitrogens with zero attached hydrogens (tertiary/aromatic N) is 2. The zero-order valence-corrected chi connectivity index (χ0v) is 10.5. The van der Waals surface area contributed by atoms with Gasteiger partial charge in [0.25, 0.3) is 9.05 Å². The van der Waals surface area contributed by atoms with E-state index >= 15 is 0 Å². The van der Waals surface area contributed by atoms with Gasteiger partial charge in [0.05, 0.1) is 0 Å². The van der Waals surface area contributed by atoms with Crippen LogP contribution in [0.2, 0.25) is 0 Å². The monoisotopic (exact) mass is 250 g/mol. The molecule has 0 radical (unpaired) electrons. The molecule has 0 saturated heterocycles. The van der Waals surface area contributed by atoms with E-state index in [1.807, 2.05) is 11.5 Å². The van der Waals surface area contributed by atoms with Crippen molar-refractivity contribution in [2.75, 3.05) is 0 Å². The third-order valence-corrected chi connectivity index (χ3v) is 3.33. The number of hydrogen-bond acceptors (Lipinski definition) is 3. The molecule has 0 amide bonds. The van der Waals surface area contributed by atoms with E-state index in [1.54, 1.807) is 0 Å². The summed E-state index contributed by atoms with van der Waals surface area (Å²) in [5.74, 6) is 0.766. The summed E-state index contributed by atoms with van der Waals surface area (Å²) in [6.07, 6.45) is 4.28. The van der Waals surface area contributed by atoms with E-state index in [4.69, 9.17) is 10.7 Å². The fourth-order valence-electron chi connectivity index (χ4n) is 1.35. The first-order valence-electron chi connectivity index (χ1n) is 4.99. The van der Waals surface area contributed by atoms with Gasteiger partial charge in [-0.15, -0.1) is 0 Å². The molecular weight excluding hydrogens is 236 g/mol. The first-order chi connectivity index (χ1) is 6.99. The van der Waals surface area contributed by atoms with Gasteiger partial charge in [0.15, 0.2) is 5.03 Å². The molecule has 0 unspecified atom stereocenters. The van der Waals surface area contributed by atoms with Gasteiger partial charge in [0.1, 0.15) is 5.82 Å². The zero-order valence-electron chi connectivity index (χ0n) is 8.90. The largest absolute Gasteiger partial charge is 0.334 e. The van der Waals surface area contributed by atoms with E-state index in [9.17, 15) is 8.42 Å². The van der Waals surface area contributed by atoms with Crippen LogP contribution in [-0.2, 0) is 22.0 Å². The van der Waals surface area contributed by atoms with Crippen LogP contribution in [0.5, 0.6) is 0 Å². The number of imidazole rings is 1. The molecule has 0 aliphatic carbocycles. The number of aryl methyl sites for hydroxylation is 2. The van der Waals surface area contributed by atoms with Crippen LogP contribution >= 0.6 is 10.7 Å². The predicted molar refractivity (Wildman–Crippen MR) is 59.6 cm³/mol. The number of hydrogen-bond donors (Lipinski definition) is 0. The number of halogens is 1. The predicted octanol–water partition coefficient (Wildman–Crippen LogP) is 2.17. The molecule has 86 valence electrons. The summed E-state index contributed by atoms with van der Waals surface area (Å²) in [4.78, 5) is 4.00. The second kappa shape index (κ2) is 4.99. The van der Waals surface area contributed by atoms with E-state index in [-0.39, 0.29) is 5.03 Å². The van der Waals surface area contributed by atoms with Crippen molar-refractivity contribution >= 4 is 19.7 Å². The minimum Gasteiger partial charge on any atom is -0.334 e.